The molecule has 1 saturated heterocycles. The molecular weight excluding hydrogens is 360 g/mol. The van der Waals surface area contributed by atoms with Crippen LogP contribution < -0.4 is 10.2 Å². The van der Waals surface area contributed by atoms with Gasteiger partial charge in [0.2, 0.25) is 5.91 Å². The molecule has 0 aromatic heterocycles. The molecule has 4 rings (SSSR count). The van der Waals surface area contributed by atoms with Crippen LogP contribution in [0.5, 0.6) is 0 Å². The van der Waals surface area contributed by atoms with Crippen molar-refractivity contribution in [3.05, 3.63) is 65.2 Å². The van der Waals surface area contributed by atoms with Crippen molar-refractivity contribution < 1.29 is 13.6 Å². The molecule has 1 aliphatic heterocycles. The van der Waals surface area contributed by atoms with E-state index in [4.69, 9.17) is 5.26 Å². The summed E-state index contributed by atoms with van der Waals surface area (Å²) in [5.74, 6) is -1.89. The van der Waals surface area contributed by atoms with Crippen molar-refractivity contribution in [1.82, 2.24) is 5.32 Å². The first-order valence-corrected chi connectivity index (χ1v) is 9.55. The van der Waals surface area contributed by atoms with Gasteiger partial charge in [-0.3, -0.25) is 4.79 Å². The van der Waals surface area contributed by atoms with Gasteiger partial charge in [0, 0.05) is 30.7 Å². The van der Waals surface area contributed by atoms with Crippen LogP contribution in [-0.2, 0) is 4.79 Å². The van der Waals surface area contributed by atoms with E-state index in [1.54, 1.807) is 6.07 Å². The maximum Gasteiger partial charge on any atom is 0.223 e. The molecule has 2 aliphatic rings. The lowest BCUT2D eigenvalue weighted by Gasteiger charge is -2.34. The smallest absolute Gasteiger partial charge is 0.223 e. The molecule has 1 heterocycles. The average Bonchev–Trinajstić information content (AvgIpc) is 3.52. The zero-order valence-corrected chi connectivity index (χ0v) is 15.4. The third kappa shape index (κ3) is 3.84. The first-order valence-electron chi connectivity index (χ1n) is 9.55. The normalized spacial score (nSPS) is 21.8. The van der Waals surface area contributed by atoms with Gasteiger partial charge in [-0.2, -0.15) is 5.26 Å². The summed E-state index contributed by atoms with van der Waals surface area (Å²) in [6.45, 7) is 1.68. The zero-order valence-electron chi connectivity index (χ0n) is 15.4. The highest BCUT2D eigenvalue weighted by Gasteiger charge is 2.44. The fourth-order valence-electron chi connectivity index (χ4n) is 3.93. The van der Waals surface area contributed by atoms with Crippen LogP contribution in [0, 0.1) is 28.9 Å². The number of carbonyl (C=O) groups is 1. The summed E-state index contributed by atoms with van der Waals surface area (Å²) >= 11 is 0. The van der Waals surface area contributed by atoms with Crippen molar-refractivity contribution in [2.45, 2.75) is 31.2 Å². The predicted octanol–water partition coefficient (Wildman–Crippen LogP) is 3.73. The van der Waals surface area contributed by atoms with Gasteiger partial charge in [-0.15, -0.1) is 0 Å². The largest absolute Gasteiger partial charge is 0.371 e. The minimum Gasteiger partial charge on any atom is -0.371 e. The molecule has 1 amide bonds. The third-order valence-electron chi connectivity index (χ3n) is 5.70. The summed E-state index contributed by atoms with van der Waals surface area (Å²) in [6.07, 6.45) is 2.39. The first-order chi connectivity index (χ1) is 13.5. The van der Waals surface area contributed by atoms with E-state index in [2.05, 4.69) is 16.3 Å². The van der Waals surface area contributed by atoms with Gasteiger partial charge in [-0.25, -0.2) is 8.78 Å². The Balaban J connectivity index is 1.27. The Kier molecular flexibility index (Phi) is 4.99. The van der Waals surface area contributed by atoms with E-state index in [0.717, 1.165) is 37.7 Å². The SMILES string of the molecule is N#Cc1ccc(N2CCC(NC(=O)C3CC3c3ccc(F)c(F)c3)CC2)cc1. The number of nitrogens with zero attached hydrogens (tertiary/aromatic N) is 2. The number of rotatable bonds is 4. The quantitative estimate of drug-likeness (QED) is 0.878. The lowest BCUT2D eigenvalue weighted by atomic mass is 10.0. The van der Waals surface area contributed by atoms with E-state index >= 15 is 0 Å². The molecule has 2 fully saturated rings. The number of amides is 1. The second kappa shape index (κ2) is 7.59. The van der Waals surface area contributed by atoms with Gasteiger partial charge in [0.1, 0.15) is 0 Å². The van der Waals surface area contributed by atoms with Crippen molar-refractivity contribution >= 4 is 11.6 Å². The van der Waals surface area contributed by atoms with Crippen molar-refractivity contribution in [2.24, 2.45) is 5.92 Å². The van der Waals surface area contributed by atoms with Crippen molar-refractivity contribution in [1.29, 1.82) is 5.26 Å². The number of hydrogen-bond donors (Lipinski definition) is 1. The Morgan fingerprint density at radius 1 is 1.07 bits per heavy atom. The number of hydrogen-bond acceptors (Lipinski definition) is 3. The van der Waals surface area contributed by atoms with Crippen LogP contribution in [0.25, 0.3) is 0 Å². The second-order valence-corrected chi connectivity index (χ2v) is 7.55. The lowest BCUT2D eigenvalue weighted by molar-refractivity contribution is -0.123. The molecule has 2 atom stereocenters. The molecule has 4 nitrogen and oxygen atoms in total. The lowest BCUT2D eigenvalue weighted by Crippen LogP contribution is -2.45. The molecule has 6 heteroatoms. The summed E-state index contributed by atoms with van der Waals surface area (Å²) in [5, 5.41) is 12.0. The Hall–Kier alpha value is -2.94. The van der Waals surface area contributed by atoms with Crippen LogP contribution in [0.1, 0.15) is 36.3 Å². The summed E-state index contributed by atoms with van der Waals surface area (Å²) in [7, 11) is 0. The monoisotopic (exact) mass is 381 g/mol. The molecule has 2 aromatic rings. The van der Waals surface area contributed by atoms with E-state index in [-0.39, 0.29) is 23.8 Å². The molecule has 1 N–H and O–H groups in total. The molecule has 144 valence electrons. The van der Waals surface area contributed by atoms with Gasteiger partial charge in [-0.05, 0) is 67.1 Å². The minimum atomic E-state index is -0.862. The maximum absolute atomic E-state index is 13.4. The molecule has 0 radical (unpaired) electrons. The van der Waals surface area contributed by atoms with Gasteiger partial charge < -0.3 is 10.2 Å². The van der Waals surface area contributed by atoms with Crippen LogP contribution >= 0.6 is 0 Å². The van der Waals surface area contributed by atoms with Crippen molar-refractivity contribution in [2.75, 3.05) is 18.0 Å². The van der Waals surface area contributed by atoms with Gasteiger partial charge in [0.15, 0.2) is 11.6 Å². The van der Waals surface area contributed by atoms with Gasteiger partial charge in [0.25, 0.3) is 0 Å². The Bertz CT molecular complexity index is 914. The van der Waals surface area contributed by atoms with Crippen molar-refractivity contribution in [3.63, 3.8) is 0 Å². The number of nitriles is 1. The fourth-order valence-corrected chi connectivity index (χ4v) is 3.93. The van der Waals surface area contributed by atoms with Crippen LogP contribution in [0.4, 0.5) is 14.5 Å². The molecule has 1 aliphatic carbocycles. The highest BCUT2D eigenvalue weighted by atomic mass is 19.2. The van der Waals surface area contributed by atoms with Crippen LogP contribution in [0.15, 0.2) is 42.5 Å². The molecule has 2 unspecified atom stereocenters. The topological polar surface area (TPSA) is 56.1 Å². The number of piperidine rings is 1. The minimum absolute atomic E-state index is 0.00607. The van der Waals surface area contributed by atoms with E-state index in [0.29, 0.717) is 17.5 Å². The Morgan fingerprint density at radius 2 is 1.79 bits per heavy atom. The predicted molar refractivity (Wildman–Crippen MR) is 102 cm³/mol. The Labute approximate surface area is 162 Å². The van der Waals surface area contributed by atoms with Gasteiger partial charge in [-0.1, -0.05) is 6.07 Å². The van der Waals surface area contributed by atoms with E-state index in [1.807, 2.05) is 24.3 Å². The molecule has 0 spiro atoms. The first kappa shape index (κ1) is 18.4. The average molecular weight is 381 g/mol. The summed E-state index contributed by atoms with van der Waals surface area (Å²) in [5.41, 5.74) is 2.42. The highest BCUT2D eigenvalue weighted by Crippen LogP contribution is 2.47. The zero-order chi connectivity index (χ0) is 19.7. The standard InChI is InChI=1S/C22H21F2N3O/c23-20-6-3-15(11-21(20)24)18-12-19(18)22(28)26-16-7-9-27(10-8-16)17-4-1-14(13-25)2-5-17/h1-6,11,16,18-19H,7-10,12H2,(H,26,28). The maximum atomic E-state index is 13.4. The molecule has 1 saturated carbocycles. The van der Waals surface area contributed by atoms with Crippen molar-refractivity contribution in [3.8, 4) is 6.07 Å². The number of halogens is 2. The summed E-state index contributed by atoms with van der Waals surface area (Å²) in [4.78, 5) is 14.8. The van der Waals surface area contributed by atoms with Gasteiger partial charge in [0.05, 0.1) is 11.6 Å². The van der Waals surface area contributed by atoms with E-state index in [1.165, 1.54) is 6.07 Å². The van der Waals surface area contributed by atoms with Crippen LogP contribution in [0.3, 0.4) is 0 Å². The molecule has 2 aromatic carbocycles. The number of benzene rings is 2. The summed E-state index contributed by atoms with van der Waals surface area (Å²) in [6, 6.07) is 13.7. The van der Waals surface area contributed by atoms with Crippen LogP contribution in [-0.4, -0.2) is 25.0 Å². The molecule has 0 bridgehead atoms. The summed E-state index contributed by atoms with van der Waals surface area (Å²) < 4.78 is 26.5. The van der Waals surface area contributed by atoms with E-state index < -0.39 is 11.6 Å². The van der Waals surface area contributed by atoms with E-state index in [9.17, 15) is 13.6 Å². The number of anilines is 1. The Morgan fingerprint density at radius 3 is 2.43 bits per heavy atom. The highest BCUT2D eigenvalue weighted by molar-refractivity contribution is 5.83. The number of nitrogens with one attached hydrogen (secondary N) is 1. The van der Waals surface area contributed by atoms with Gasteiger partial charge >= 0.3 is 0 Å². The second-order valence-electron chi connectivity index (χ2n) is 7.55. The fraction of sp³-hybridized carbons (Fsp3) is 0.364. The molecule has 28 heavy (non-hydrogen) atoms. The number of carbonyl (C=O) groups excluding carboxylic acids is 1. The van der Waals surface area contributed by atoms with Crippen LogP contribution in [0.2, 0.25) is 0 Å². The molecular formula is C22H21F2N3O. The third-order valence-corrected chi connectivity index (χ3v) is 5.70.